The van der Waals surface area contributed by atoms with E-state index in [1.807, 2.05) is 0 Å². The van der Waals surface area contributed by atoms with Crippen LogP contribution in [0.3, 0.4) is 0 Å². The van der Waals surface area contributed by atoms with Crippen molar-refractivity contribution in [3.63, 3.8) is 0 Å². The van der Waals surface area contributed by atoms with Gasteiger partial charge in [0.05, 0.1) is 17.1 Å². The number of rotatable bonds is 4. The van der Waals surface area contributed by atoms with Gasteiger partial charge in [0.25, 0.3) is 5.69 Å². The molecule has 0 fully saturated rings. The fourth-order valence-electron chi connectivity index (χ4n) is 2.69. The SMILES string of the molecule is CCOC(=O)C1=C(C)NC(n2cccn2)=NC1c1cccc([N+](=O)[O-])c1. The monoisotopic (exact) mass is 355 g/mol. The molecule has 0 aliphatic carbocycles. The highest BCUT2D eigenvalue weighted by Crippen LogP contribution is 2.33. The van der Waals surface area contributed by atoms with Gasteiger partial charge in [0, 0.05) is 30.2 Å². The predicted octanol–water partition coefficient (Wildman–Crippen LogP) is 2.18. The summed E-state index contributed by atoms with van der Waals surface area (Å²) >= 11 is 0. The van der Waals surface area contributed by atoms with E-state index in [0.29, 0.717) is 22.8 Å². The average molecular weight is 355 g/mol. The minimum Gasteiger partial charge on any atom is -0.463 e. The summed E-state index contributed by atoms with van der Waals surface area (Å²) in [5.74, 6) is -0.102. The molecule has 0 saturated carbocycles. The molecule has 0 amide bonds. The third-order valence-corrected chi connectivity index (χ3v) is 3.84. The number of carbonyl (C=O) groups excluding carboxylic acids is 1. The van der Waals surface area contributed by atoms with Gasteiger partial charge >= 0.3 is 5.97 Å². The van der Waals surface area contributed by atoms with Crippen LogP contribution < -0.4 is 5.32 Å². The zero-order valence-electron chi connectivity index (χ0n) is 14.2. The quantitative estimate of drug-likeness (QED) is 0.511. The number of nitro benzene ring substituents is 1. The fraction of sp³-hybridized carbons (Fsp3) is 0.235. The average Bonchev–Trinajstić information content (AvgIpc) is 3.16. The Bertz CT molecular complexity index is 902. The van der Waals surface area contributed by atoms with Gasteiger partial charge in [0.1, 0.15) is 6.04 Å². The second-order valence-electron chi connectivity index (χ2n) is 5.54. The number of carbonyl (C=O) groups is 1. The van der Waals surface area contributed by atoms with Crippen molar-refractivity contribution in [3.8, 4) is 0 Å². The van der Waals surface area contributed by atoms with Gasteiger partial charge in [-0.2, -0.15) is 5.10 Å². The van der Waals surface area contributed by atoms with Crippen molar-refractivity contribution in [1.29, 1.82) is 0 Å². The third-order valence-electron chi connectivity index (χ3n) is 3.84. The zero-order chi connectivity index (χ0) is 18.7. The largest absolute Gasteiger partial charge is 0.463 e. The predicted molar refractivity (Wildman–Crippen MR) is 93.4 cm³/mol. The number of nitrogens with one attached hydrogen (secondary N) is 1. The van der Waals surface area contributed by atoms with E-state index in [2.05, 4.69) is 15.4 Å². The number of nitro groups is 1. The molecule has 1 unspecified atom stereocenters. The number of hydrogen-bond acceptors (Lipinski definition) is 7. The Morgan fingerprint density at radius 1 is 1.42 bits per heavy atom. The zero-order valence-corrected chi connectivity index (χ0v) is 14.2. The maximum absolute atomic E-state index is 12.5. The second-order valence-corrected chi connectivity index (χ2v) is 5.54. The van der Waals surface area contributed by atoms with Gasteiger partial charge in [-0.15, -0.1) is 0 Å². The molecule has 1 aromatic carbocycles. The Morgan fingerprint density at radius 3 is 2.88 bits per heavy atom. The van der Waals surface area contributed by atoms with Gasteiger partial charge in [0.15, 0.2) is 0 Å². The van der Waals surface area contributed by atoms with Gasteiger partial charge in [-0.05, 0) is 25.5 Å². The van der Waals surface area contributed by atoms with E-state index >= 15 is 0 Å². The molecule has 0 spiro atoms. The molecule has 26 heavy (non-hydrogen) atoms. The first-order valence-corrected chi connectivity index (χ1v) is 7.98. The second kappa shape index (κ2) is 7.18. The van der Waals surface area contributed by atoms with Crippen LogP contribution in [0.2, 0.25) is 0 Å². The molecule has 0 bridgehead atoms. The van der Waals surface area contributed by atoms with Crippen LogP contribution in [0.25, 0.3) is 0 Å². The third kappa shape index (κ3) is 3.32. The number of aromatic nitrogens is 2. The lowest BCUT2D eigenvalue weighted by molar-refractivity contribution is -0.384. The standard InChI is InChI=1S/C17H17N5O4/c1-3-26-16(23)14-11(2)19-17(21-9-5-8-18-21)20-15(14)12-6-4-7-13(10-12)22(24)25/h4-10,15H,3H2,1-2H3,(H,19,20). The summed E-state index contributed by atoms with van der Waals surface area (Å²) in [6.07, 6.45) is 3.31. The Balaban J connectivity index is 2.10. The van der Waals surface area contributed by atoms with Crippen molar-refractivity contribution in [2.45, 2.75) is 19.9 Å². The molecule has 1 aromatic heterocycles. The summed E-state index contributed by atoms with van der Waals surface area (Å²) in [6.45, 7) is 3.66. The van der Waals surface area contributed by atoms with Crippen LogP contribution in [-0.4, -0.2) is 33.2 Å². The van der Waals surface area contributed by atoms with Gasteiger partial charge in [-0.1, -0.05) is 12.1 Å². The molecule has 9 heteroatoms. The molecule has 1 aliphatic heterocycles. The maximum atomic E-state index is 12.5. The van der Waals surface area contributed by atoms with Crippen LogP contribution in [0.15, 0.2) is 59.0 Å². The van der Waals surface area contributed by atoms with Gasteiger partial charge in [-0.25, -0.2) is 14.5 Å². The van der Waals surface area contributed by atoms with Crippen LogP contribution in [0, 0.1) is 10.1 Å². The summed E-state index contributed by atoms with van der Waals surface area (Å²) in [5, 5.41) is 18.3. The molecule has 1 N–H and O–H groups in total. The first-order chi connectivity index (χ1) is 12.5. The molecule has 2 heterocycles. The molecular formula is C17H17N5O4. The molecule has 1 atom stereocenters. The Morgan fingerprint density at radius 2 is 2.23 bits per heavy atom. The highest BCUT2D eigenvalue weighted by atomic mass is 16.6. The summed E-state index contributed by atoms with van der Waals surface area (Å²) in [7, 11) is 0. The van der Waals surface area contributed by atoms with E-state index in [9.17, 15) is 14.9 Å². The van der Waals surface area contributed by atoms with E-state index in [1.54, 1.807) is 44.4 Å². The van der Waals surface area contributed by atoms with Gasteiger partial charge < -0.3 is 10.1 Å². The van der Waals surface area contributed by atoms with E-state index in [-0.39, 0.29) is 12.3 Å². The van der Waals surface area contributed by atoms with Crippen molar-refractivity contribution in [1.82, 2.24) is 15.1 Å². The van der Waals surface area contributed by atoms with E-state index in [4.69, 9.17) is 4.74 Å². The normalized spacial score (nSPS) is 16.7. The van der Waals surface area contributed by atoms with Crippen molar-refractivity contribution in [2.24, 2.45) is 4.99 Å². The Hall–Kier alpha value is -3.49. The summed E-state index contributed by atoms with van der Waals surface area (Å²) in [6, 6.07) is 7.06. The molecule has 134 valence electrons. The maximum Gasteiger partial charge on any atom is 0.338 e. The number of ether oxygens (including phenoxy) is 1. The highest BCUT2D eigenvalue weighted by molar-refractivity contribution is 5.95. The number of non-ortho nitro benzene ring substituents is 1. The van der Waals surface area contributed by atoms with Crippen molar-refractivity contribution >= 4 is 17.6 Å². The van der Waals surface area contributed by atoms with E-state index < -0.39 is 16.9 Å². The van der Waals surface area contributed by atoms with E-state index in [1.165, 1.54) is 16.8 Å². The lowest BCUT2D eigenvalue weighted by Gasteiger charge is -2.25. The number of allylic oxidation sites excluding steroid dienone is 1. The summed E-state index contributed by atoms with van der Waals surface area (Å²) in [5.41, 5.74) is 1.31. The number of aliphatic imine (C=N–C) groups is 1. The van der Waals surface area contributed by atoms with Crippen LogP contribution in [0.1, 0.15) is 25.5 Å². The van der Waals surface area contributed by atoms with Gasteiger partial charge in [0.2, 0.25) is 5.96 Å². The molecule has 1 aliphatic rings. The number of hydrogen-bond donors (Lipinski definition) is 1. The minimum atomic E-state index is -0.741. The number of esters is 1. The Kier molecular flexibility index (Phi) is 4.78. The van der Waals surface area contributed by atoms with Crippen molar-refractivity contribution < 1.29 is 14.5 Å². The van der Waals surface area contributed by atoms with E-state index in [0.717, 1.165) is 0 Å². The molecule has 0 radical (unpaired) electrons. The number of nitrogens with zero attached hydrogens (tertiary/aromatic N) is 4. The summed E-state index contributed by atoms with van der Waals surface area (Å²) < 4.78 is 6.67. The topological polar surface area (TPSA) is 112 Å². The smallest absolute Gasteiger partial charge is 0.338 e. The highest BCUT2D eigenvalue weighted by Gasteiger charge is 2.31. The van der Waals surface area contributed by atoms with Crippen LogP contribution >= 0.6 is 0 Å². The number of benzene rings is 1. The lowest BCUT2D eigenvalue weighted by Crippen LogP contribution is -2.36. The minimum absolute atomic E-state index is 0.0715. The van der Waals surface area contributed by atoms with Gasteiger partial charge in [-0.3, -0.25) is 10.1 Å². The van der Waals surface area contributed by atoms with Crippen molar-refractivity contribution in [3.05, 3.63) is 69.7 Å². The molecule has 9 nitrogen and oxygen atoms in total. The van der Waals surface area contributed by atoms with Crippen LogP contribution in [0.5, 0.6) is 0 Å². The Labute approximate surface area is 149 Å². The molecule has 3 rings (SSSR count). The molecular weight excluding hydrogens is 338 g/mol. The molecule has 0 saturated heterocycles. The first kappa shape index (κ1) is 17.3. The summed E-state index contributed by atoms with van der Waals surface area (Å²) in [4.78, 5) is 27.6. The van der Waals surface area contributed by atoms with Crippen LogP contribution in [-0.2, 0) is 9.53 Å². The lowest BCUT2D eigenvalue weighted by atomic mass is 9.96. The van der Waals surface area contributed by atoms with Crippen molar-refractivity contribution in [2.75, 3.05) is 6.61 Å². The van der Waals surface area contributed by atoms with Crippen LogP contribution in [0.4, 0.5) is 5.69 Å². The molecule has 2 aromatic rings. The fourth-order valence-corrected chi connectivity index (χ4v) is 2.69. The first-order valence-electron chi connectivity index (χ1n) is 7.98.